The first kappa shape index (κ1) is 13.5. The van der Waals surface area contributed by atoms with Gasteiger partial charge in [0, 0.05) is 18.2 Å². The molecule has 92 valence electrons. The molecule has 0 spiro atoms. The molecule has 1 rings (SSSR count). The van der Waals surface area contributed by atoms with Gasteiger partial charge in [0.25, 0.3) is 0 Å². The van der Waals surface area contributed by atoms with Gasteiger partial charge in [-0.15, -0.1) is 0 Å². The van der Waals surface area contributed by atoms with Gasteiger partial charge in [0.15, 0.2) is 0 Å². The van der Waals surface area contributed by atoms with Crippen molar-refractivity contribution in [2.45, 2.75) is 33.4 Å². The van der Waals surface area contributed by atoms with Crippen molar-refractivity contribution in [2.24, 2.45) is 0 Å². The molecule has 3 heteroatoms. The van der Waals surface area contributed by atoms with Crippen LogP contribution in [0.25, 0.3) is 0 Å². The van der Waals surface area contributed by atoms with Gasteiger partial charge in [-0.25, -0.2) is 0 Å². The first-order valence-corrected chi connectivity index (χ1v) is 5.93. The van der Waals surface area contributed by atoms with Crippen molar-refractivity contribution in [1.82, 2.24) is 4.90 Å². The zero-order valence-corrected chi connectivity index (χ0v) is 11.0. The highest BCUT2D eigenvalue weighted by Crippen LogP contribution is 2.22. The Bertz CT molecular complexity index is 407. The van der Waals surface area contributed by atoms with Gasteiger partial charge < -0.3 is 4.74 Å². The second-order valence-corrected chi connectivity index (χ2v) is 4.30. The van der Waals surface area contributed by atoms with Crippen LogP contribution in [0.3, 0.4) is 0 Å². The minimum Gasteiger partial charge on any atom is -0.496 e. The number of rotatable bonds is 5. The SMILES string of the molecule is CCN(Cc1cc(C#N)ccc1OC)C(C)C. The van der Waals surface area contributed by atoms with Crippen LogP contribution in [0.1, 0.15) is 31.9 Å². The average molecular weight is 232 g/mol. The molecule has 0 aromatic heterocycles. The topological polar surface area (TPSA) is 36.3 Å². The van der Waals surface area contributed by atoms with E-state index in [1.54, 1.807) is 13.2 Å². The van der Waals surface area contributed by atoms with Gasteiger partial charge in [0.05, 0.1) is 18.7 Å². The van der Waals surface area contributed by atoms with Gasteiger partial charge in [-0.2, -0.15) is 5.26 Å². The van der Waals surface area contributed by atoms with Crippen LogP contribution in [-0.4, -0.2) is 24.6 Å². The summed E-state index contributed by atoms with van der Waals surface area (Å²) in [5.41, 5.74) is 1.75. The Morgan fingerprint density at radius 1 is 1.41 bits per heavy atom. The lowest BCUT2D eigenvalue weighted by molar-refractivity contribution is 0.222. The zero-order chi connectivity index (χ0) is 12.8. The minimum absolute atomic E-state index is 0.482. The number of benzene rings is 1. The van der Waals surface area contributed by atoms with Gasteiger partial charge in [-0.1, -0.05) is 6.92 Å². The normalized spacial score (nSPS) is 10.6. The predicted octanol–water partition coefficient (Wildman–Crippen LogP) is 2.80. The van der Waals surface area contributed by atoms with Crippen LogP contribution in [0.4, 0.5) is 0 Å². The maximum Gasteiger partial charge on any atom is 0.123 e. The van der Waals surface area contributed by atoms with Crippen LogP contribution in [0.2, 0.25) is 0 Å². The highest BCUT2D eigenvalue weighted by molar-refractivity contribution is 5.42. The van der Waals surface area contributed by atoms with E-state index in [-0.39, 0.29) is 0 Å². The second kappa shape index (κ2) is 6.27. The fourth-order valence-electron chi connectivity index (χ4n) is 1.85. The van der Waals surface area contributed by atoms with Gasteiger partial charge in [0.1, 0.15) is 5.75 Å². The fraction of sp³-hybridized carbons (Fsp3) is 0.500. The summed E-state index contributed by atoms with van der Waals surface area (Å²) >= 11 is 0. The Hall–Kier alpha value is -1.53. The lowest BCUT2D eigenvalue weighted by atomic mass is 10.1. The van der Waals surface area contributed by atoms with Crippen molar-refractivity contribution >= 4 is 0 Å². The number of ether oxygens (including phenoxy) is 1. The summed E-state index contributed by atoms with van der Waals surface area (Å²) in [6.45, 7) is 8.28. The molecule has 0 fully saturated rings. The van der Waals surface area contributed by atoms with E-state index in [2.05, 4.69) is 31.7 Å². The van der Waals surface area contributed by atoms with Gasteiger partial charge in [-0.05, 0) is 38.6 Å². The quantitative estimate of drug-likeness (QED) is 0.783. The maximum atomic E-state index is 8.92. The van der Waals surface area contributed by atoms with Crippen molar-refractivity contribution < 1.29 is 4.74 Å². The molecule has 0 atom stereocenters. The van der Waals surface area contributed by atoms with Crippen LogP contribution >= 0.6 is 0 Å². The Labute approximate surface area is 104 Å². The van der Waals surface area contributed by atoms with Crippen molar-refractivity contribution in [2.75, 3.05) is 13.7 Å². The van der Waals surface area contributed by atoms with E-state index in [0.29, 0.717) is 11.6 Å². The Morgan fingerprint density at radius 2 is 2.12 bits per heavy atom. The van der Waals surface area contributed by atoms with Crippen molar-refractivity contribution in [3.05, 3.63) is 29.3 Å². The van der Waals surface area contributed by atoms with Crippen LogP contribution in [0, 0.1) is 11.3 Å². The molecular formula is C14H20N2O. The smallest absolute Gasteiger partial charge is 0.123 e. The predicted molar refractivity (Wildman–Crippen MR) is 68.9 cm³/mol. The molecule has 0 aliphatic rings. The average Bonchev–Trinajstić information content (AvgIpc) is 2.35. The van der Waals surface area contributed by atoms with Crippen LogP contribution in [-0.2, 0) is 6.54 Å². The molecule has 0 saturated heterocycles. The van der Waals surface area contributed by atoms with Crippen molar-refractivity contribution in [1.29, 1.82) is 5.26 Å². The molecule has 0 aliphatic carbocycles. The number of hydrogen-bond donors (Lipinski definition) is 0. The Morgan fingerprint density at radius 3 is 2.59 bits per heavy atom. The third-order valence-electron chi connectivity index (χ3n) is 2.92. The third kappa shape index (κ3) is 3.47. The lowest BCUT2D eigenvalue weighted by Gasteiger charge is -2.25. The Kier molecular flexibility index (Phi) is 4.99. The number of methoxy groups -OCH3 is 1. The standard InChI is InChI=1S/C14H20N2O/c1-5-16(11(2)3)10-13-8-12(9-15)6-7-14(13)17-4/h6-8,11H,5,10H2,1-4H3. The van der Waals surface area contributed by atoms with E-state index >= 15 is 0 Å². The molecule has 0 saturated carbocycles. The first-order valence-electron chi connectivity index (χ1n) is 5.93. The van der Waals surface area contributed by atoms with E-state index in [0.717, 1.165) is 24.4 Å². The molecule has 1 aromatic carbocycles. The minimum atomic E-state index is 0.482. The summed E-state index contributed by atoms with van der Waals surface area (Å²) in [6, 6.07) is 8.20. The summed E-state index contributed by atoms with van der Waals surface area (Å²) in [7, 11) is 1.66. The molecule has 0 radical (unpaired) electrons. The largest absolute Gasteiger partial charge is 0.496 e. The van der Waals surface area contributed by atoms with Crippen molar-refractivity contribution in [3.8, 4) is 11.8 Å². The number of nitriles is 1. The molecule has 0 amide bonds. The summed E-state index contributed by atoms with van der Waals surface area (Å²) in [5, 5.41) is 8.92. The van der Waals surface area contributed by atoms with E-state index < -0.39 is 0 Å². The number of hydrogen-bond acceptors (Lipinski definition) is 3. The second-order valence-electron chi connectivity index (χ2n) is 4.30. The molecular weight excluding hydrogens is 212 g/mol. The van der Waals surface area contributed by atoms with Gasteiger partial charge >= 0.3 is 0 Å². The monoisotopic (exact) mass is 232 g/mol. The molecule has 0 unspecified atom stereocenters. The molecule has 17 heavy (non-hydrogen) atoms. The zero-order valence-electron chi connectivity index (χ0n) is 11.0. The molecule has 0 aliphatic heterocycles. The summed E-state index contributed by atoms with van der Waals surface area (Å²) < 4.78 is 5.33. The highest BCUT2D eigenvalue weighted by atomic mass is 16.5. The van der Waals surface area contributed by atoms with Gasteiger partial charge in [-0.3, -0.25) is 4.90 Å². The lowest BCUT2D eigenvalue weighted by Crippen LogP contribution is -2.30. The van der Waals surface area contributed by atoms with Crippen LogP contribution in [0.15, 0.2) is 18.2 Å². The molecule has 1 aromatic rings. The summed E-state index contributed by atoms with van der Waals surface area (Å²) in [5.74, 6) is 0.850. The van der Waals surface area contributed by atoms with Crippen molar-refractivity contribution in [3.63, 3.8) is 0 Å². The van der Waals surface area contributed by atoms with E-state index in [1.165, 1.54) is 0 Å². The summed E-state index contributed by atoms with van der Waals surface area (Å²) in [4.78, 5) is 2.33. The third-order valence-corrected chi connectivity index (χ3v) is 2.92. The molecule has 3 nitrogen and oxygen atoms in total. The van der Waals surface area contributed by atoms with E-state index in [1.807, 2.05) is 12.1 Å². The summed E-state index contributed by atoms with van der Waals surface area (Å²) in [6.07, 6.45) is 0. The maximum absolute atomic E-state index is 8.92. The number of nitrogens with zero attached hydrogens (tertiary/aromatic N) is 2. The first-order chi connectivity index (χ1) is 8.12. The fourth-order valence-corrected chi connectivity index (χ4v) is 1.85. The molecule has 0 heterocycles. The van der Waals surface area contributed by atoms with Crippen LogP contribution in [0.5, 0.6) is 5.75 Å². The molecule has 0 N–H and O–H groups in total. The Balaban J connectivity index is 2.98. The highest BCUT2D eigenvalue weighted by Gasteiger charge is 2.11. The van der Waals surface area contributed by atoms with E-state index in [9.17, 15) is 0 Å². The van der Waals surface area contributed by atoms with Gasteiger partial charge in [0.2, 0.25) is 0 Å². The van der Waals surface area contributed by atoms with Crippen LogP contribution < -0.4 is 4.74 Å². The van der Waals surface area contributed by atoms with E-state index in [4.69, 9.17) is 10.00 Å². The molecule has 0 bridgehead atoms.